The van der Waals surface area contributed by atoms with Crippen LogP contribution < -0.4 is 0 Å². The minimum absolute atomic E-state index is 0.0594. The number of amides is 2. The molecular weight excluding hydrogens is 424 g/mol. The largest absolute Gasteiger partial charge is 0.506 e. The summed E-state index contributed by atoms with van der Waals surface area (Å²) in [6.45, 7) is 0.587. The molecule has 2 heterocycles. The molecule has 1 aliphatic heterocycles. The lowest BCUT2D eigenvalue weighted by atomic mass is 10.1. The van der Waals surface area contributed by atoms with Crippen LogP contribution in [-0.4, -0.2) is 55.9 Å². The number of fused-ring (bicyclic) bond motifs is 1. The van der Waals surface area contributed by atoms with Crippen molar-refractivity contribution in [1.82, 2.24) is 19.9 Å². The van der Waals surface area contributed by atoms with Crippen molar-refractivity contribution in [2.45, 2.75) is 32.1 Å². The van der Waals surface area contributed by atoms with E-state index in [-0.39, 0.29) is 36.6 Å². The molecular formula is C24H24N4O5. The van der Waals surface area contributed by atoms with Gasteiger partial charge >= 0.3 is 5.97 Å². The van der Waals surface area contributed by atoms with Crippen molar-refractivity contribution in [3.63, 3.8) is 0 Å². The van der Waals surface area contributed by atoms with Gasteiger partial charge in [0.15, 0.2) is 0 Å². The van der Waals surface area contributed by atoms with Crippen LogP contribution in [0.3, 0.4) is 0 Å². The van der Waals surface area contributed by atoms with Gasteiger partial charge in [0.25, 0.3) is 11.8 Å². The molecule has 4 rings (SSSR count). The molecule has 0 aliphatic carbocycles. The fourth-order valence-corrected chi connectivity index (χ4v) is 3.57. The Labute approximate surface area is 190 Å². The monoisotopic (exact) mass is 448 g/mol. The number of phenols is 1. The van der Waals surface area contributed by atoms with Gasteiger partial charge in [-0.3, -0.25) is 19.3 Å². The van der Waals surface area contributed by atoms with E-state index in [1.807, 2.05) is 24.3 Å². The van der Waals surface area contributed by atoms with Gasteiger partial charge in [0.05, 0.1) is 6.61 Å². The average molecular weight is 448 g/mol. The smallest absolute Gasteiger partial charge is 0.305 e. The highest BCUT2D eigenvalue weighted by molar-refractivity contribution is 6.12. The van der Waals surface area contributed by atoms with E-state index in [4.69, 9.17) is 4.74 Å². The highest BCUT2D eigenvalue weighted by Crippen LogP contribution is 2.23. The van der Waals surface area contributed by atoms with Gasteiger partial charge in [0.1, 0.15) is 22.5 Å². The molecule has 0 atom stereocenters. The Bertz CT molecular complexity index is 1170. The lowest BCUT2D eigenvalue weighted by Gasteiger charge is -2.13. The molecule has 3 aromatic rings. The molecule has 0 bridgehead atoms. The Kier molecular flexibility index (Phi) is 6.77. The molecule has 2 aromatic carbocycles. The van der Waals surface area contributed by atoms with E-state index in [1.54, 1.807) is 18.2 Å². The number of esters is 1. The van der Waals surface area contributed by atoms with Crippen LogP contribution in [0.1, 0.15) is 31.2 Å². The molecule has 0 unspecified atom stereocenters. The van der Waals surface area contributed by atoms with Gasteiger partial charge < -0.3 is 9.84 Å². The minimum atomic E-state index is -0.288. The molecule has 0 saturated carbocycles. The zero-order chi connectivity index (χ0) is 23.2. The van der Waals surface area contributed by atoms with Gasteiger partial charge in [-0.15, -0.1) is 15.0 Å². The number of unbranched alkanes of at least 4 members (excludes halogenated alkanes) is 2. The Morgan fingerprint density at radius 1 is 0.939 bits per heavy atom. The summed E-state index contributed by atoms with van der Waals surface area (Å²) in [5, 5.41) is 19.0. The molecule has 2 amide bonds. The van der Waals surface area contributed by atoms with E-state index < -0.39 is 0 Å². The first-order chi connectivity index (χ1) is 16.0. The van der Waals surface area contributed by atoms with Crippen LogP contribution in [0.4, 0.5) is 0 Å². The summed E-state index contributed by atoms with van der Waals surface area (Å²) < 4.78 is 5.32. The summed E-state index contributed by atoms with van der Waals surface area (Å²) in [5.41, 5.74) is 2.80. The first kappa shape index (κ1) is 22.2. The number of carbonyl (C=O) groups is 3. The number of imide groups is 1. The lowest BCUT2D eigenvalue weighted by molar-refractivity contribution is -0.144. The van der Waals surface area contributed by atoms with Crippen molar-refractivity contribution >= 4 is 28.8 Å². The quantitative estimate of drug-likeness (QED) is 0.288. The molecule has 0 spiro atoms. The maximum absolute atomic E-state index is 12.0. The van der Waals surface area contributed by atoms with Crippen LogP contribution in [0.15, 0.2) is 54.6 Å². The summed E-state index contributed by atoms with van der Waals surface area (Å²) in [4.78, 5) is 37.5. The molecule has 1 aromatic heterocycles. The number of phenolic OH excluding ortho intramolecular Hbond substituents is 1. The van der Waals surface area contributed by atoms with Crippen LogP contribution in [0.25, 0.3) is 16.7 Å². The van der Waals surface area contributed by atoms with E-state index in [0.717, 1.165) is 23.0 Å². The van der Waals surface area contributed by atoms with Crippen molar-refractivity contribution in [3.05, 3.63) is 60.2 Å². The van der Waals surface area contributed by atoms with Crippen molar-refractivity contribution in [1.29, 1.82) is 0 Å². The molecule has 170 valence electrons. The van der Waals surface area contributed by atoms with Crippen molar-refractivity contribution in [2.75, 3.05) is 13.2 Å². The van der Waals surface area contributed by atoms with Gasteiger partial charge in [-0.2, -0.15) is 0 Å². The molecule has 1 aliphatic rings. The molecule has 0 radical (unpaired) electrons. The number of benzene rings is 2. The SMILES string of the molecule is O=C(CCCCCN1C(=O)C=CC1=O)OCCc1ccc(O)c(-n2nc3ccccc3n2)c1. The van der Waals surface area contributed by atoms with E-state index in [2.05, 4.69) is 10.2 Å². The van der Waals surface area contributed by atoms with Crippen LogP contribution in [0, 0.1) is 0 Å². The maximum atomic E-state index is 12.0. The Morgan fingerprint density at radius 2 is 1.64 bits per heavy atom. The highest BCUT2D eigenvalue weighted by atomic mass is 16.5. The summed E-state index contributed by atoms with van der Waals surface area (Å²) in [7, 11) is 0. The van der Waals surface area contributed by atoms with Crippen molar-refractivity contribution in [2.24, 2.45) is 0 Å². The molecule has 0 fully saturated rings. The lowest BCUT2D eigenvalue weighted by Crippen LogP contribution is -2.30. The fourth-order valence-electron chi connectivity index (χ4n) is 3.57. The second kappa shape index (κ2) is 10.1. The van der Waals surface area contributed by atoms with E-state index in [0.29, 0.717) is 31.5 Å². The zero-order valence-electron chi connectivity index (χ0n) is 18.0. The Hall–Kier alpha value is -4.01. The number of aromatic hydroxyl groups is 1. The average Bonchev–Trinajstić information content (AvgIpc) is 3.38. The fraction of sp³-hybridized carbons (Fsp3) is 0.292. The first-order valence-corrected chi connectivity index (χ1v) is 10.8. The van der Waals surface area contributed by atoms with E-state index >= 15 is 0 Å². The molecule has 9 nitrogen and oxygen atoms in total. The van der Waals surface area contributed by atoms with Gasteiger partial charge in [-0.25, -0.2) is 0 Å². The first-order valence-electron chi connectivity index (χ1n) is 10.8. The van der Waals surface area contributed by atoms with Gasteiger partial charge in [-0.1, -0.05) is 24.6 Å². The van der Waals surface area contributed by atoms with Gasteiger partial charge in [0.2, 0.25) is 0 Å². The topological polar surface area (TPSA) is 115 Å². The Balaban J connectivity index is 1.20. The maximum Gasteiger partial charge on any atom is 0.305 e. The predicted octanol–water partition coefficient (Wildman–Crippen LogP) is 2.70. The third kappa shape index (κ3) is 5.43. The second-order valence-electron chi connectivity index (χ2n) is 7.74. The predicted molar refractivity (Wildman–Crippen MR) is 120 cm³/mol. The second-order valence-corrected chi connectivity index (χ2v) is 7.74. The van der Waals surface area contributed by atoms with Crippen LogP contribution in [0.2, 0.25) is 0 Å². The number of rotatable bonds is 10. The number of hydrogen-bond acceptors (Lipinski definition) is 7. The number of nitrogens with zero attached hydrogens (tertiary/aromatic N) is 4. The Morgan fingerprint density at radius 3 is 2.33 bits per heavy atom. The third-order valence-electron chi connectivity index (χ3n) is 5.36. The number of ether oxygens (including phenoxy) is 1. The normalized spacial score (nSPS) is 13.3. The summed E-state index contributed by atoms with van der Waals surface area (Å²) in [5.74, 6) is -0.796. The van der Waals surface area contributed by atoms with Crippen LogP contribution >= 0.6 is 0 Å². The standard InChI is InChI=1S/C24H24N4O5/c29-21-10-9-17(16-20(21)28-25-18-6-3-4-7-19(18)26-28)13-15-33-24(32)8-2-1-5-14-27-22(30)11-12-23(27)31/h3-4,6-7,9-12,16,29H,1-2,5,8,13-15H2. The minimum Gasteiger partial charge on any atom is -0.506 e. The van der Waals surface area contributed by atoms with E-state index in [1.165, 1.54) is 21.8 Å². The number of aromatic nitrogens is 3. The van der Waals surface area contributed by atoms with E-state index in [9.17, 15) is 19.5 Å². The molecule has 9 heteroatoms. The van der Waals surface area contributed by atoms with Crippen molar-refractivity contribution < 1.29 is 24.2 Å². The summed E-state index contributed by atoms with van der Waals surface area (Å²) >= 11 is 0. The number of hydrogen-bond donors (Lipinski definition) is 1. The highest BCUT2D eigenvalue weighted by Gasteiger charge is 2.22. The molecule has 0 saturated heterocycles. The van der Waals surface area contributed by atoms with Crippen molar-refractivity contribution in [3.8, 4) is 11.4 Å². The third-order valence-corrected chi connectivity index (χ3v) is 5.36. The van der Waals surface area contributed by atoms with Crippen LogP contribution in [0.5, 0.6) is 5.75 Å². The molecule has 1 N–H and O–H groups in total. The number of carbonyl (C=O) groups excluding carboxylic acids is 3. The zero-order valence-corrected chi connectivity index (χ0v) is 18.0. The van der Waals surface area contributed by atoms with Crippen LogP contribution in [-0.2, 0) is 25.5 Å². The summed E-state index contributed by atoms with van der Waals surface area (Å²) in [6, 6.07) is 12.6. The summed E-state index contributed by atoms with van der Waals surface area (Å²) in [6.07, 6.45) is 5.31. The van der Waals surface area contributed by atoms with Gasteiger partial charge in [0, 0.05) is 31.5 Å². The van der Waals surface area contributed by atoms with Gasteiger partial charge in [-0.05, 0) is 42.7 Å². The molecule has 33 heavy (non-hydrogen) atoms.